The Morgan fingerprint density at radius 2 is 1.60 bits per heavy atom. The molecule has 0 atom stereocenters. The third-order valence-corrected chi connectivity index (χ3v) is 3.98. The highest BCUT2D eigenvalue weighted by Gasteiger charge is 2.06. The minimum absolute atomic E-state index is 0.0254. The second kappa shape index (κ2) is 10.3. The van der Waals surface area contributed by atoms with Gasteiger partial charge in [-0.1, -0.05) is 56.5 Å². The summed E-state index contributed by atoms with van der Waals surface area (Å²) in [5, 5.41) is 5.76. The topological polar surface area (TPSA) is 58.2 Å². The molecule has 0 unspecified atom stereocenters. The highest BCUT2D eigenvalue weighted by atomic mass is 16.2. The first-order chi connectivity index (χ1) is 12.2. The van der Waals surface area contributed by atoms with Gasteiger partial charge in [-0.05, 0) is 36.2 Å². The number of carbonyl (C=O) groups is 2. The molecule has 4 nitrogen and oxygen atoms in total. The van der Waals surface area contributed by atoms with Crippen LogP contribution < -0.4 is 10.6 Å². The standard InChI is InChI=1S/C21H26N2O2/c1-2-3-4-8-11-20(24)23-19-14-12-18(13-15-19)21(25)22-16-17-9-6-5-7-10-17/h5-7,9-10,12-15H,2-4,8,11,16H2,1H3,(H,22,25)(H,23,24). The maximum Gasteiger partial charge on any atom is 0.251 e. The zero-order chi connectivity index (χ0) is 17.9. The zero-order valence-corrected chi connectivity index (χ0v) is 14.8. The summed E-state index contributed by atoms with van der Waals surface area (Å²) in [5.41, 5.74) is 2.36. The van der Waals surface area contributed by atoms with Crippen LogP contribution in [0, 0.1) is 0 Å². The number of benzene rings is 2. The van der Waals surface area contributed by atoms with Gasteiger partial charge in [-0.15, -0.1) is 0 Å². The van der Waals surface area contributed by atoms with Crippen LogP contribution in [0.1, 0.15) is 54.9 Å². The zero-order valence-electron chi connectivity index (χ0n) is 14.8. The van der Waals surface area contributed by atoms with Crippen LogP contribution in [-0.2, 0) is 11.3 Å². The summed E-state index contributed by atoms with van der Waals surface area (Å²) in [6.07, 6.45) is 4.87. The minimum Gasteiger partial charge on any atom is -0.348 e. The molecule has 0 saturated heterocycles. The summed E-state index contributed by atoms with van der Waals surface area (Å²) >= 11 is 0. The Morgan fingerprint density at radius 3 is 2.28 bits per heavy atom. The molecular formula is C21H26N2O2. The summed E-state index contributed by atoms with van der Waals surface area (Å²) < 4.78 is 0. The molecule has 0 aliphatic rings. The maximum absolute atomic E-state index is 12.2. The van der Waals surface area contributed by atoms with E-state index in [9.17, 15) is 9.59 Å². The predicted molar refractivity (Wildman–Crippen MR) is 101 cm³/mol. The Bertz CT molecular complexity index is 666. The average molecular weight is 338 g/mol. The highest BCUT2D eigenvalue weighted by Crippen LogP contribution is 2.11. The van der Waals surface area contributed by atoms with Gasteiger partial charge in [-0.25, -0.2) is 0 Å². The Labute approximate surface area is 149 Å². The van der Waals surface area contributed by atoms with E-state index in [1.165, 1.54) is 6.42 Å². The third kappa shape index (κ3) is 6.79. The van der Waals surface area contributed by atoms with Crippen molar-refractivity contribution >= 4 is 17.5 Å². The van der Waals surface area contributed by atoms with Crippen LogP contribution in [0.25, 0.3) is 0 Å². The van der Waals surface area contributed by atoms with E-state index in [0.717, 1.165) is 30.5 Å². The Kier molecular flexibility index (Phi) is 7.70. The van der Waals surface area contributed by atoms with E-state index in [-0.39, 0.29) is 11.8 Å². The van der Waals surface area contributed by atoms with Gasteiger partial charge in [0.1, 0.15) is 0 Å². The molecule has 0 heterocycles. The van der Waals surface area contributed by atoms with E-state index < -0.39 is 0 Å². The normalized spacial score (nSPS) is 10.3. The molecule has 0 radical (unpaired) electrons. The van der Waals surface area contributed by atoms with Gasteiger partial charge in [0.2, 0.25) is 5.91 Å². The van der Waals surface area contributed by atoms with Gasteiger partial charge in [-0.2, -0.15) is 0 Å². The molecule has 2 N–H and O–H groups in total. The highest BCUT2D eigenvalue weighted by molar-refractivity contribution is 5.95. The molecule has 2 aromatic rings. The first-order valence-corrected chi connectivity index (χ1v) is 8.91. The molecule has 2 rings (SSSR count). The summed E-state index contributed by atoms with van der Waals surface area (Å²) in [7, 11) is 0. The number of rotatable bonds is 9. The van der Waals surface area contributed by atoms with Crippen molar-refractivity contribution in [3.05, 3.63) is 65.7 Å². The van der Waals surface area contributed by atoms with E-state index in [4.69, 9.17) is 0 Å². The second-order valence-corrected chi connectivity index (χ2v) is 6.10. The number of hydrogen-bond donors (Lipinski definition) is 2. The number of unbranched alkanes of at least 4 members (excludes halogenated alkanes) is 3. The van der Waals surface area contributed by atoms with Crippen LogP contribution >= 0.6 is 0 Å². The maximum atomic E-state index is 12.2. The molecule has 0 bridgehead atoms. The molecule has 25 heavy (non-hydrogen) atoms. The van der Waals surface area contributed by atoms with E-state index >= 15 is 0 Å². The van der Waals surface area contributed by atoms with Gasteiger partial charge in [0.05, 0.1) is 0 Å². The van der Waals surface area contributed by atoms with Crippen molar-refractivity contribution in [2.75, 3.05) is 5.32 Å². The largest absolute Gasteiger partial charge is 0.348 e. The third-order valence-electron chi connectivity index (χ3n) is 3.98. The van der Waals surface area contributed by atoms with Crippen LogP contribution in [-0.4, -0.2) is 11.8 Å². The van der Waals surface area contributed by atoms with Gasteiger partial charge in [0.25, 0.3) is 5.91 Å². The number of carbonyl (C=O) groups excluding carboxylic acids is 2. The number of hydrogen-bond acceptors (Lipinski definition) is 2. The molecule has 0 aliphatic carbocycles. The Balaban J connectivity index is 1.78. The fourth-order valence-electron chi connectivity index (χ4n) is 2.52. The van der Waals surface area contributed by atoms with Gasteiger partial charge >= 0.3 is 0 Å². The Hall–Kier alpha value is -2.62. The van der Waals surface area contributed by atoms with Crippen LogP contribution in [0.4, 0.5) is 5.69 Å². The van der Waals surface area contributed by atoms with E-state index in [2.05, 4.69) is 17.6 Å². The van der Waals surface area contributed by atoms with Crippen LogP contribution in [0.2, 0.25) is 0 Å². The van der Waals surface area contributed by atoms with Gasteiger partial charge in [0.15, 0.2) is 0 Å². The fourth-order valence-corrected chi connectivity index (χ4v) is 2.52. The lowest BCUT2D eigenvalue weighted by molar-refractivity contribution is -0.116. The first-order valence-electron chi connectivity index (χ1n) is 8.91. The molecule has 0 aliphatic heterocycles. The van der Waals surface area contributed by atoms with E-state index in [1.807, 2.05) is 30.3 Å². The summed E-state index contributed by atoms with van der Waals surface area (Å²) in [6, 6.07) is 16.8. The quantitative estimate of drug-likeness (QED) is 0.660. The molecule has 2 aromatic carbocycles. The monoisotopic (exact) mass is 338 g/mol. The lowest BCUT2D eigenvalue weighted by Crippen LogP contribution is -2.22. The van der Waals surface area contributed by atoms with Crippen LogP contribution in [0.5, 0.6) is 0 Å². The molecule has 0 aromatic heterocycles. The molecule has 132 valence electrons. The summed E-state index contributed by atoms with van der Waals surface area (Å²) in [6.45, 7) is 2.65. The van der Waals surface area contributed by atoms with Crippen molar-refractivity contribution in [3.63, 3.8) is 0 Å². The summed E-state index contributed by atoms with van der Waals surface area (Å²) in [4.78, 5) is 24.0. The first kappa shape index (κ1) is 18.7. The molecule has 4 heteroatoms. The molecule has 0 fully saturated rings. The number of anilines is 1. The van der Waals surface area contributed by atoms with Crippen molar-refractivity contribution in [3.8, 4) is 0 Å². The van der Waals surface area contributed by atoms with Gasteiger partial charge in [0, 0.05) is 24.2 Å². The predicted octanol–water partition coefficient (Wildman–Crippen LogP) is 4.53. The lowest BCUT2D eigenvalue weighted by Gasteiger charge is -2.08. The van der Waals surface area contributed by atoms with Crippen LogP contribution in [0.3, 0.4) is 0 Å². The Morgan fingerprint density at radius 1 is 0.880 bits per heavy atom. The van der Waals surface area contributed by atoms with Gasteiger partial charge in [-0.3, -0.25) is 9.59 Å². The molecule has 0 saturated carbocycles. The fraction of sp³-hybridized carbons (Fsp3) is 0.333. The van der Waals surface area contributed by atoms with E-state index in [0.29, 0.717) is 18.5 Å². The van der Waals surface area contributed by atoms with Gasteiger partial charge < -0.3 is 10.6 Å². The number of nitrogens with one attached hydrogen (secondary N) is 2. The smallest absolute Gasteiger partial charge is 0.251 e. The SMILES string of the molecule is CCCCCCC(=O)Nc1ccc(C(=O)NCc2ccccc2)cc1. The average Bonchev–Trinajstić information content (AvgIpc) is 2.65. The summed E-state index contributed by atoms with van der Waals surface area (Å²) in [5.74, 6) is -0.0984. The van der Waals surface area contributed by atoms with Crippen molar-refractivity contribution in [1.29, 1.82) is 0 Å². The van der Waals surface area contributed by atoms with Crippen molar-refractivity contribution in [2.45, 2.75) is 45.6 Å². The molecular weight excluding hydrogens is 312 g/mol. The van der Waals surface area contributed by atoms with Crippen molar-refractivity contribution < 1.29 is 9.59 Å². The number of amides is 2. The van der Waals surface area contributed by atoms with Crippen LogP contribution in [0.15, 0.2) is 54.6 Å². The molecule has 0 spiro atoms. The van der Waals surface area contributed by atoms with Crippen molar-refractivity contribution in [1.82, 2.24) is 5.32 Å². The van der Waals surface area contributed by atoms with Crippen molar-refractivity contribution in [2.24, 2.45) is 0 Å². The minimum atomic E-state index is -0.124. The second-order valence-electron chi connectivity index (χ2n) is 6.10. The molecule has 2 amide bonds. The lowest BCUT2D eigenvalue weighted by atomic mass is 10.1. The van der Waals surface area contributed by atoms with E-state index in [1.54, 1.807) is 24.3 Å².